The summed E-state index contributed by atoms with van der Waals surface area (Å²) in [5.41, 5.74) is 4.07. The van der Waals surface area contributed by atoms with E-state index in [9.17, 15) is 4.79 Å². The molecule has 0 fully saturated rings. The Balaban J connectivity index is 1.35. The molecule has 0 saturated carbocycles. The fourth-order valence-corrected chi connectivity index (χ4v) is 4.19. The summed E-state index contributed by atoms with van der Waals surface area (Å²) < 4.78 is 13.5. The standard InChI is InChI=1S/C30H35N3O3/c1-30(2,3)23-14-16-24(17-15-23)36-20-19-33-27-12-6-5-11-26(27)32-28(33)13-8-18-31-29(34)22-9-7-10-25(21-22)35-4/h5-7,9-12,14-17,21H,8,13,18-20H2,1-4H3,(H,31,34). The van der Waals surface area contributed by atoms with Crippen molar-refractivity contribution in [3.8, 4) is 11.5 Å². The molecule has 3 aromatic carbocycles. The van der Waals surface area contributed by atoms with Gasteiger partial charge in [0.2, 0.25) is 0 Å². The number of nitrogens with zero attached hydrogens (tertiary/aromatic N) is 2. The van der Waals surface area contributed by atoms with Gasteiger partial charge in [0.15, 0.2) is 0 Å². The largest absolute Gasteiger partial charge is 0.497 e. The molecule has 1 heterocycles. The second kappa shape index (κ2) is 11.3. The number of ether oxygens (including phenoxy) is 2. The van der Waals surface area contributed by atoms with E-state index in [0.29, 0.717) is 31.0 Å². The molecule has 0 aliphatic rings. The van der Waals surface area contributed by atoms with E-state index in [1.54, 1.807) is 19.2 Å². The summed E-state index contributed by atoms with van der Waals surface area (Å²) in [4.78, 5) is 17.3. The summed E-state index contributed by atoms with van der Waals surface area (Å²) in [5, 5.41) is 3.00. The van der Waals surface area contributed by atoms with Crippen LogP contribution in [0, 0.1) is 0 Å². The van der Waals surface area contributed by atoms with E-state index in [4.69, 9.17) is 14.5 Å². The average Bonchev–Trinajstić information content (AvgIpc) is 3.23. The van der Waals surface area contributed by atoms with Gasteiger partial charge in [-0.25, -0.2) is 4.98 Å². The zero-order valence-corrected chi connectivity index (χ0v) is 21.6. The number of amides is 1. The SMILES string of the molecule is COc1cccc(C(=O)NCCCc2nc3ccccc3n2CCOc2ccc(C(C)(C)C)cc2)c1. The number of nitrogens with one attached hydrogen (secondary N) is 1. The van der Waals surface area contributed by atoms with Crippen LogP contribution in [0.3, 0.4) is 0 Å². The molecule has 4 rings (SSSR count). The Morgan fingerprint density at radius 1 is 0.972 bits per heavy atom. The molecule has 4 aromatic rings. The molecule has 0 unspecified atom stereocenters. The Hall–Kier alpha value is -3.80. The predicted octanol–water partition coefficient (Wildman–Crippen LogP) is 5.78. The van der Waals surface area contributed by atoms with E-state index >= 15 is 0 Å². The number of aryl methyl sites for hydroxylation is 1. The monoisotopic (exact) mass is 485 g/mol. The number of imidazole rings is 1. The van der Waals surface area contributed by atoms with Gasteiger partial charge in [-0.2, -0.15) is 0 Å². The predicted molar refractivity (Wildman–Crippen MR) is 144 cm³/mol. The van der Waals surface area contributed by atoms with Gasteiger partial charge in [-0.15, -0.1) is 0 Å². The van der Waals surface area contributed by atoms with Crippen molar-refractivity contribution >= 4 is 16.9 Å². The van der Waals surface area contributed by atoms with E-state index < -0.39 is 0 Å². The van der Waals surface area contributed by atoms with Crippen molar-refractivity contribution in [3.63, 3.8) is 0 Å². The van der Waals surface area contributed by atoms with Crippen LogP contribution in [0.1, 0.15) is 48.9 Å². The van der Waals surface area contributed by atoms with E-state index in [0.717, 1.165) is 35.4 Å². The Kier molecular flexibility index (Phi) is 7.93. The number of carbonyl (C=O) groups is 1. The molecule has 6 nitrogen and oxygen atoms in total. The average molecular weight is 486 g/mol. The van der Waals surface area contributed by atoms with Crippen molar-refractivity contribution in [2.75, 3.05) is 20.3 Å². The number of benzene rings is 3. The number of methoxy groups -OCH3 is 1. The summed E-state index contributed by atoms with van der Waals surface area (Å²) in [6.07, 6.45) is 1.54. The van der Waals surface area contributed by atoms with Crippen molar-refractivity contribution < 1.29 is 14.3 Å². The summed E-state index contributed by atoms with van der Waals surface area (Å²) in [7, 11) is 1.59. The highest BCUT2D eigenvalue weighted by atomic mass is 16.5. The number of carbonyl (C=O) groups excluding carboxylic acids is 1. The van der Waals surface area contributed by atoms with Crippen molar-refractivity contribution in [1.29, 1.82) is 0 Å². The second-order valence-electron chi connectivity index (χ2n) is 9.88. The van der Waals surface area contributed by atoms with Crippen molar-refractivity contribution in [2.24, 2.45) is 0 Å². The fourth-order valence-electron chi connectivity index (χ4n) is 4.19. The van der Waals surface area contributed by atoms with Gasteiger partial charge < -0.3 is 19.4 Å². The summed E-state index contributed by atoms with van der Waals surface area (Å²) in [6.45, 7) is 8.44. The third kappa shape index (κ3) is 6.25. The highest BCUT2D eigenvalue weighted by molar-refractivity contribution is 5.94. The van der Waals surface area contributed by atoms with Gasteiger partial charge in [-0.3, -0.25) is 4.79 Å². The summed E-state index contributed by atoms with van der Waals surface area (Å²) in [5.74, 6) is 2.43. The maximum Gasteiger partial charge on any atom is 0.251 e. The molecule has 1 aromatic heterocycles. The van der Waals surface area contributed by atoms with Gasteiger partial charge in [-0.05, 0) is 59.9 Å². The number of hydrogen-bond donors (Lipinski definition) is 1. The number of para-hydroxylation sites is 2. The topological polar surface area (TPSA) is 65.4 Å². The number of hydrogen-bond acceptors (Lipinski definition) is 4. The van der Waals surface area contributed by atoms with Crippen molar-refractivity contribution in [3.05, 3.63) is 89.7 Å². The molecule has 1 N–H and O–H groups in total. The second-order valence-corrected chi connectivity index (χ2v) is 9.88. The minimum atomic E-state index is -0.103. The number of rotatable bonds is 10. The first kappa shape index (κ1) is 25.3. The quantitative estimate of drug-likeness (QED) is 0.289. The third-order valence-electron chi connectivity index (χ3n) is 6.23. The van der Waals surface area contributed by atoms with Crippen LogP contribution >= 0.6 is 0 Å². The van der Waals surface area contributed by atoms with Crippen LogP contribution in [0.2, 0.25) is 0 Å². The molecule has 0 atom stereocenters. The van der Waals surface area contributed by atoms with Crippen molar-refractivity contribution in [2.45, 2.75) is 45.6 Å². The third-order valence-corrected chi connectivity index (χ3v) is 6.23. The van der Waals surface area contributed by atoms with Crippen LogP contribution in [0.4, 0.5) is 0 Å². The number of fused-ring (bicyclic) bond motifs is 1. The Labute approximate surface area is 213 Å². The Morgan fingerprint density at radius 3 is 2.50 bits per heavy atom. The molecule has 0 bridgehead atoms. The van der Waals surface area contributed by atoms with Gasteiger partial charge >= 0.3 is 0 Å². The van der Waals surface area contributed by atoms with Gasteiger partial charge in [0, 0.05) is 18.5 Å². The van der Waals surface area contributed by atoms with Crippen LogP contribution in [0.25, 0.3) is 11.0 Å². The summed E-state index contributed by atoms with van der Waals surface area (Å²) >= 11 is 0. The van der Waals surface area contributed by atoms with Gasteiger partial charge in [0.1, 0.15) is 23.9 Å². The molecule has 0 spiro atoms. The minimum Gasteiger partial charge on any atom is -0.497 e. The smallest absolute Gasteiger partial charge is 0.251 e. The zero-order chi connectivity index (χ0) is 25.5. The highest BCUT2D eigenvalue weighted by Crippen LogP contribution is 2.24. The molecule has 1 amide bonds. The van der Waals surface area contributed by atoms with Crippen molar-refractivity contribution in [1.82, 2.24) is 14.9 Å². The fraction of sp³-hybridized carbons (Fsp3) is 0.333. The first-order valence-electron chi connectivity index (χ1n) is 12.4. The van der Waals surface area contributed by atoms with E-state index in [-0.39, 0.29) is 11.3 Å². The van der Waals surface area contributed by atoms with E-state index in [1.165, 1.54) is 5.56 Å². The molecule has 0 aliphatic carbocycles. The first-order chi connectivity index (χ1) is 17.3. The lowest BCUT2D eigenvalue weighted by molar-refractivity contribution is 0.0952. The zero-order valence-electron chi connectivity index (χ0n) is 21.6. The maximum absolute atomic E-state index is 12.5. The molecule has 188 valence electrons. The highest BCUT2D eigenvalue weighted by Gasteiger charge is 2.14. The maximum atomic E-state index is 12.5. The van der Waals surface area contributed by atoms with Gasteiger partial charge in [-0.1, -0.05) is 51.1 Å². The van der Waals surface area contributed by atoms with E-state index in [2.05, 4.69) is 48.9 Å². The van der Waals surface area contributed by atoms with Crippen LogP contribution in [0.5, 0.6) is 11.5 Å². The number of aromatic nitrogens is 2. The van der Waals surface area contributed by atoms with Gasteiger partial charge in [0.25, 0.3) is 5.91 Å². The molecule has 0 radical (unpaired) electrons. The minimum absolute atomic E-state index is 0.103. The van der Waals surface area contributed by atoms with Crippen LogP contribution in [-0.4, -0.2) is 35.7 Å². The van der Waals surface area contributed by atoms with Crippen LogP contribution < -0.4 is 14.8 Å². The van der Waals surface area contributed by atoms with Crippen LogP contribution in [-0.2, 0) is 18.4 Å². The Morgan fingerprint density at radius 2 is 1.75 bits per heavy atom. The molecule has 0 saturated heterocycles. The molecular weight excluding hydrogens is 450 g/mol. The summed E-state index contributed by atoms with van der Waals surface area (Å²) in [6, 6.07) is 23.7. The lowest BCUT2D eigenvalue weighted by Gasteiger charge is -2.19. The Bertz CT molecular complexity index is 1300. The van der Waals surface area contributed by atoms with Crippen LogP contribution in [0.15, 0.2) is 72.8 Å². The molecule has 0 aliphatic heterocycles. The molecule has 36 heavy (non-hydrogen) atoms. The first-order valence-corrected chi connectivity index (χ1v) is 12.4. The van der Waals surface area contributed by atoms with Gasteiger partial charge in [0.05, 0.1) is 24.7 Å². The molecular formula is C30H35N3O3. The lowest BCUT2D eigenvalue weighted by Crippen LogP contribution is -2.25. The lowest BCUT2D eigenvalue weighted by atomic mass is 9.87. The molecule has 6 heteroatoms. The van der Waals surface area contributed by atoms with E-state index in [1.807, 2.05) is 42.5 Å². The normalized spacial score (nSPS) is 11.4.